The average molecular weight is 414 g/mol. The number of hydrogen-bond donors (Lipinski definition) is 2. The summed E-state index contributed by atoms with van der Waals surface area (Å²) in [6.07, 6.45) is 0. The van der Waals surface area contributed by atoms with E-state index in [4.69, 9.17) is 11.6 Å². The monoisotopic (exact) mass is 413 g/mol. The zero-order chi connectivity index (χ0) is 21.0. The summed E-state index contributed by atoms with van der Waals surface area (Å²) in [6.45, 7) is 1.70. The molecule has 0 aliphatic rings. The lowest BCUT2D eigenvalue weighted by Gasteiger charge is -2.23. The highest BCUT2D eigenvalue weighted by Gasteiger charge is 2.21. The van der Waals surface area contributed by atoms with Crippen LogP contribution >= 0.6 is 11.6 Å². The van der Waals surface area contributed by atoms with Crippen molar-refractivity contribution in [3.8, 4) is 0 Å². The Balaban J connectivity index is 1.61. The summed E-state index contributed by atoms with van der Waals surface area (Å²) in [5.74, 6) is -1.06. The SMILES string of the molecule is C[C@@H](C(=O)Nc1ccc(F)cc1Cl)N(C)CC(=O)Nc1cccc2ccccc12. The lowest BCUT2D eigenvalue weighted by atomic mass is 10.1. The summed E-state index contributed by atoms with van der Waals surface area (Å²) in [4.78, 5) is 26.6. The van der Waals surface area contributed by atoms with Crippen molar-refractivity contribution < 1.29 is 14.0 Å². The molecular formula is C22H21ClFN3O2. The normalized spacial score (nSPS) is 12.0. The van der Waals surface area contributed by atoms with Crippen LogP contribution in [0.1, 0.15) is 6.92 Å². The van der Waals surface area contributed by atoms with Gasteiger partial charge in [-0.3, -0.25) is 14.5 Å². The van der Waals surface area contributed by atoms with Crippen molar-refractivity contribution in [1.82, 2.24) is 4.90 Å². The number of anilines is 2. The van der Waals surface area contributed by atoms with Gasteiger partial charge in [0.05, 0.1) is 23.3 Å². The first kappa shape index (κ1) is 20.8. The lowest BCUT2D eigenvalue weighted by molar-refractivity contribution is -0.122. The number of carbonyl (C=O) groups is 2. The van der Waals surface area contributed by atoms with E-state index in [1.807, 2.05) is 42.5 Å². The highest BCUT2D eigenvalue weighted by atomic mass is 35.5. The fraction of sp³-hybridized carbons (Fsp3) is 0.182. The molecule has 0 heterocycles. The summed E-state index contributed by atoms with van der Waals surface area (Å²) in [5.41, 5.74) is 1.04. The second-order valence-corrected chi connectivity index (χ2v) is 7.19. The third kappa shape index (κ3) is 5.10. The Bertz CT molecular complexity index is 1050. The summed E-state index contributed by atoms with van der Waals surface area (Å²) < 4.78 is 13.1. The van der Waals surface area contributed by atoms with Crippen LogP contribution in [0.3, 0.4) is 0 Å². The Hall–Kier alpha value is -2.96. The Morgan fingerprint density at radius 3 is 2.52 bits per heavy atom. The van der Waals surface area contributed by atoms with Crippen LogP contribution < -0.4 is 10.6 Å². The Kier molecular flexibility index (Phi) is 6.46. The summed E-state index contributed by atoms with van der Waals surface area (Å²) >= 11 is 5.95. The maximum Gasteiger partial charge on any atom is 0.241 e. The zero-order valence-electron chi connectivity index (χ0n) is 16.1. The number of carbonyl (C=O) groups excluding carboxylic acids is 2. The van der Waals surface area contributed by atoms with Gasteiger partial charge in [-0.1, -0.05) is 48.0 Å². The molecule has 5 nitrogen and oxygen atoms in total. The molecule has 2 amide bonds. The van der Waals surface area contributed by atoms with Crippen molar-refractivity contribution in [2.45, 2.75) is 13.0 Å². The van der Waals surface area contributed by atoms with Crippen molar-refractivity contribution in [2.75, 3.05) is 24.2 Å². The van der Waals surface area contributed by atoms with Gasteiger partial charge in [-0.05, 0) is 43.6 Å². The van der Waals surface area contributed by atoms with E-state index in [-0.39, 0.29) is 23.4 Å². The molecule has 0 aromatic heterocycles. The Labute approximate surface area is 173 Å². The predicted octanol–water partition coefficient (Wildman–Crippen LogP) is 4.53. The van der Waals surface area contributed by atoms with Crippen LogP contribution in [0, 0.1) is 5.82 Å². The molecule has 1 atom stereocenters. The topological polar surface area (TPSA) is 61.4 Å². The van der Waals surface area contributed by atoms with Gasteiger partial charge in [0.2, 0.25) is 11.8 Å². The van der Waals surface area contributed by atoms with E-state index in [2.05, 4.69) is 10.6 Å². The Morgan fingerprint density at radius 1 is 1.03 bits per heavy atom. The number of benzene rings is 3. The third-order valence-corrected chi connectivity index (χ3v) is 5.00. The third-order valence-electron chi connectivity index (χ3n) is 4.69. The largest absolute Gasteiger partial charge is 0.324 e. The minimum Gasteiger partial charge on any atom is -0.324 e. The number of nitrogens with one attached hydrogen (secondary N) is 2. The number of likely N-dealkylation sites (N-methyl/N-ethyl adjacent to an activating group) is 1. The molecule has 0 fully saturated rings. The van der Waals surface area contributed by atoms with Gasteiger partial charge in [0, 0.05) is 11.1 Å². The van der Waals surface area contributed by atoms with Crippen LogP contribution in [0.25, 0.3) is 10.8 Å². The minimum atomic E-state index is -0.602. The number of halogens is 2. The maximum absolute atomic E-state index is 13.1. The molecule has 0 spiro atoms. The second-order valence-electron chi connectivity index (χ2n) is 6.78. The molecule has 29 heavy (non-hydrogen) atoms. The first-order valence-corrected chi connectivity index (χ1v) is 9.46. The summed E-state index contributed by atoms with van der Waals surface area (Å²) in [7, 11) is 1.68. The van der Waals surface area contributed by atoms with E-state index >= 15 is 0 Å². The fourth-order valence-electron chi connectivity index (χ4n) is 2.92. The van der Waals surface area contributed by atoms with Gasteiger partial charge in [0.1, 0.15) is 5.82 Å². The molecule has 3 aromatic rings. The van der Waals surface area contributed by atoms with E-state index in [0.717, 1.165) is 22.5 Å². The van der Waals surface area contributed by atoms with E-state index in [9.17, 15) is 14.0 Å². The van der Waals surface area contributed by atoms with Crippen LogP contribution in [0.15, 0.2) is 60.7 Å². The van der Waals surface area contributed by atoms with Crippen LogP contribution in [-0.2, 0) is 9.59 Å². The van der Waals surface area contributed by atoms with Gasteiger partial charge < -0.3 is 10.6 Å². The van der Waals surface area contributed by atoms with Crippen molar-refractivity contribution >= 4 is 45.6 Å². The van der Waals surface area contributed by atoms with E-state index < -0.39 is 11.9 Å². The zero-order valence-corrected chi connectivity index (χ0v) is 16.8. The predicted molar refractivity (Wildman–Crippen MR) is 115 cm³/mol. The molecule has 0 radical (unpaired) electrons. The first-order chi connectivity index (χ1) is 13.8. The average Bonchev–Trinajstić information content (AvgIpc) is 2.69. The highest BCUT2D eigenvalue weighted by Crippen LogP contribution is 2.24. The standard InChI is InChI=1S/C22H21ClFN3O2/c1-14(22(29)26-20-11-10-16(24)12-18(20)23)27(2)13-21(28)25-19-9-5-7-15-6-3-4-8-17(15)19/h3-12,14H,13H2,1-2H3,(H,25,28)(H,26,29)/t14-/m0/s1. The molecule has 0 saturated carbocycles. The van der Waals surface area contributed by atoms with Crippen LogP contribution in [0.4, 0.5) is 15.8 Å². The van der Waals surface area contributed by atoms with Crippen molar-refractivity contribution in [2.24, 2.45) is 0 Å². The van der Waals surface area contributed by atoms with Crippen LogP contribution in [0.2, 0.25) is 5.02 Å². The highest BCUT2D eigenvalue weighted by molar-refractivity contribution is 6.33. The van der Waals surface area contributed by atoms with Crippen LogP contribution in [-0.4, -0.2) is 36.3 Å². The smallest absolute Gasteiger partial charge is 0.241 e. The fourth-order valence-corrected chi connectivity index (χ4v) is 3.13. The lowest BCUT2D eigenvalue weighted by Crippen LogP contribution is -2.43. The molecule has 3 aromatic carbocycles. The number of amides is 2. The molecular weight excluding hydrogens is 393 g/mol. The molecule has 150 valence electrons. The second kappa shape index (κ2) is 9.03. The summed E-state index contributed by atoms with van der Waals surface area (Å²) in [6, 6.07) is 16.6. The van der Waals surface area contributed by atoms with Crippen LogP contribution in [0.5, 0.6) is 0 Å². The van der Waals surface area contributed by atoms with E-state index in [0.29, 0.717) is 5.69 Å². The van der Waals surface area contributed by atoms with Gasteiger partial charge in [-0.25, -0.2) is 4.39 Å². The van der Waals surface area contributed by atoms with Gasteiger partial charge in [0.25, 0.3) is 0 Å². The van der Waals surface area contributed by atoms with Gasteiger partial charge in [-0.2, -0.15) is 0 Å². The molecule has 0 aliphatic heterocycles. The first-order valence-electron chi connectivity index (χ1n) is 9.09. The Morgan fingerprint density at radius 2 is 1.76 bits per heavy atom. The molecule has 7 heteroatoms. The van der Waals surface area contributed by atoms with E-state index in [1.165, 1.54) is 12.1 Å². The van der Waals surface area contributed by atoms with Crippen molar-refractivity contribution in [3.05, 3.63) is 71.5 Å². The van der Waals surface area contributed by atoms with Gasteiger partial charge in [0.15, 0.2) is 0 Å². The molecule has 0 aliphatic carbocycles. The minimum absolute atomic E-state index is 0.0228. The molecule has 0 bridgehead atoms. The van der Waals surface area contributed by atoms with Gasteiger partial charge >= 0.3 is 0 Å². The number of fused-ring (bicyclic) bond motifs is 1. The summed E-state index contributed by atoms with van der Waals surface area (Å²) in [5, 5.41) is 7.64. The number of nitrogens with zero attached hydrogens (tertiary/aromatic N) is 1. The quantitative estimate of drug-likeness (QED) is 0.624. The van der Waals surface area contributed by atoms with Gasteiger partial charge in [-0.15, -0.1) is 0 Å². The molecule has 0 saturated heterocycles. The van der Waals surface area contributed by atoms with Crippen molar-refractivity contribution in [1.29, 1.82) is 0 Å². The molecule has 0 unspecified atom stereocenters. The molecule has 2 N–H and O–H groups in total. The van der Waals surface area contributed by atoms with Crippen molar-refractivity contribution in [3.63, 3.8) is 0 Å². The van der Waals surface area contributed by atoms with E-state index in [1.54, 1.807) is 18.9 Å². The number of hydrogen-bond acceptors (Lipinski definition) is 3. The maximum atomic E-state index is 13.1. The molecule has 3 rings (SSSR count). The number of rotatable bonds is 6.